The van der Waals surface area contributed by atoms with Gasteiger partial charge in [-0.2, -0.15) is 8.42 Å². The Hall–Kier alpha value is -3.16. The molecule has 0 amide bonds. The molecule has 3 aromatic carbocycles. The quantitative estimate of drug-likeness (QED) is 0.285. The lowest BCUT2D eigenvalue weighted by Gasteiger charge is -2.19. The Labute approximate surface area is 208 Å². The van der Waals surface area contributed by atoms with Crippen molar-refractivity contribution in [3.63, 3.8) is 0 Å². The molecule has 0 radical (unpaired) electrons. The highest BCUT2D eigenvalue weighted by Gasteiger charge is 2.22. The van der Waals surface area contributed by atoms with Crippen molar-refractivity contribution < 1.29 is 22.1 Å². The normalized spacial score (nSPS) is 12.7. The molecule has 0 aromatic heterocycles. The van der Waals surface area contributed by atoms with Crippen LogP contribution in [0.5, 0.6) is 0 Å². The fraction of sp³-hybridized carbons (Fsp3) is 0.321. The van der Waals surface area contributed by atoms with E-state index >= 15 is 0 Å². The summed E-state index contributed by atoms with van der Waals surface area (Å²) in [5.74, 6) is -0.574. The summed E-state index contributed by atoms with van der Waals surface area (Å²) in [6, 6.07) is 25.6. The number of hydrogen-bond donors (Lipinski definition) is 1. The van der Waals surface area contributed by atoms with Crippen molar-refractivity contribution >= 4 is 21.8 Å². The van der Waals surface area contributed by atoms with Crippen LogP contribution in [0.1, 0.15) is 37.5 Å². The number of carbonyl (C=O) groups excluding carboxylic acids is 1. The lowest BCUT2D eigenvalue weighted by Crippen LogP contribution is -2.33. The van der Waals surface area contributed by atoms with Gasteiger partial charge in [-0.25, -0.2) is 4.79 Å². The first-order valence-corrected chi connectivity index (χ1v) is 13.1. The molecule has 0 bridgehead atoms. The number of benzene rings is 3. The minimum absolute atomic E-state index is 0.126. The molecule has 0 aliphatic carbocycles. The van der Waals surface area contributed by atoms with E-state index in [0.717, 1.165) is 11.1 Å². The van der Waals surface area contributed by atoms with Crippen LogP contribution in [0, 0.1) is 5.41 Å². The molecule has 186 valence electrons. The molecule has 0 aliphatic rings. The van der Waals surface area contributed by atoms with Crippen molar-refractivity contribution in [2.24, 2.45) is 5.41 Å². The zero-order chi connectivity index (χ0) is 25.3. The van der Waals surface area contributed by atoms with Crippen LogP contribution in [-0.2, 0) is 42.6 Å². The van der Waals surface area contributed by atoms with E-state index in [1.54, 1.807) is 24.3 Å². The van der Waals surface area contributed by atoms with Gasteiger partial charge in [-0.05, 0) is 34.2 Å². The van der Waals surface area contributed by atoms with E-state index in [1.165, 1.54) is 0 Å². The maximum absolute atomic E-state index is 13.0. The summed E-state index contributed by atoms with van der Waals surface area (Å²) in [6.45, 7) is 6.07. The zero-order valence-electron chi connectivity index (χ0n) is 20.4. The first-order valence-electron chi connectivity index (χ1n) is 11.6. The van der Waals surface area contributed by atoms with E-state index in [-0.39, 0.29) is 30.4 Å². The van der Waals surface area contributed by atoms with Crippen molar-refractivity contribution in [2.45, 2.75) is 45.6 Å². The number of anilines is 1. The van der Waals surface area contributed by atoms with Gasteiger partial charge in [0.15, 0.2) is 0 Å². The van der Waals surface area contributed by atoms with Gasteiger partial charge in [-0.15, -0.1) is 0 Å². The molecular formula is C28H33NO5S. The minimum atomic E-state index is -3.69. The summed E-state index contributed by atoms with van der Waals surface area (Å²) in [7, 11) is -3.69. The second-order valence-electron chi connectivity index (χ2n) is 9.70. The first-order chi connectivity index (χ1) is 16.6. The number of nitrogens with one attached hydrogen (secondary N) is 1. The van der Waals surface area contributed by atoms with E-state index in [9.17, 15) is 13.2 Å². The maximum Gasteiger partial charge on any atom is 0.329 e. The van der Waals surface area contributed by atoms with E-state index in [2.05, 4.69) is 5.32 Å². The van der Waals surface area contributed by atoms with Gasteiger partial charge in [0.1, 0.15) is 18.4 Å². The molecule has 0 saturated carbocycles. The van der Waals surface area contributed by atoms with Gasteiger partial charge >= 0.3 is 5.97 Å². The summed E-state index contributed by atoms with van der Waals surface area (Å²) < 4.78 is 35.3. The van der Waals surface area contributed by atoms with Gasteiger partial charge in [0, 0.05) is 12.1 Å². The SMILES string of the molecule is CC(C)(C)COS(=O)(=O)Cc1ccc(NC(Cc2ccccc2)C(=O)OCc2ccccc2)cc1. The van der Waals surface area contributed by atoms with Gasteiger partial charge in [0.05, 0.1) is 6.61 Å². The number of carbonyl (C=O) groups is 1. The molecule has 3 rings (SSSR count). The first kappa shape index (κ1) is 26.4. The van der Waals surface area contributed by atoms with Crippen molar-refractivity contribution in [3.05, 3.63) is 102 Å². The van der Waals surface area contributed by atoms with Crippen molar-refractivity contribution in [2.75, 3.05) is 11.9 Å². The Balaban J connectivity index is 1.66. The van der Waals surface area contributed by atoms with Crippen LogP contribution in [0.25, 0.3) is 0 Å². The molecule has 0 spiro atoms. The molecule has 7 heteroatoms. The van der Waals surface area contributed by atoms with Crippen LogP contribution in [0.2, 0.25) is 0 Å². The molecule has 1 atom stereocenters. The predicted octanol–water partition coefficient (Wildman–Crippen LogP) is 5.35. The van der Waals surface area contributed by atoms with Gasteiger partial charge in [0.25, 0.3) is 10.1 Å². The standard InChI is InChI=1S/C28H33NO5S/c1-28(2,3)21-34-35(31,32)20-24-14-16-25(17-15-24)29-26(18-22-10-6-4-7-11-22)27(30)33-19-23-12-8-5-9-13-23/h4-17,26,29H,18-21H2,1-3H3. The van der Waals surface area contributed by atoms with Crippen molar-refractivity contribution in [1.29, 1.82) is 0 Å². The molecule has 1 unspecified atom stereocenters. The maximum atomic E-state index is 13.0. The Kier molecular flexibility index (Phi) is 9.07. The largest absolute Gasteiger partial charge is 0.459 e. The highest BCUT2D eigenvalue weighted by Crippen LogP contribution is 2.19. The number of rotatable bonds is 11. The van der Waals surface area contributed by atoms with Crippen molar-refractivity contribution in [3.8, 4) is 0 Å². The minimum Gasteiger partial charge on any atom is -0.459 e. The fourth-order valence-electron chi connectivity index (χ4n) is 3.28. The monoisotopic (exact) mass is 495 g/mol. The third kappa shape index (κ3) is 9.54. The molecule has 0 saturated heterocycles. The average Bonchev–Trinajstić information content (AvgIpc) is 2.83. The van der Waals surface area contributed by atoms with Crippen LogP contribution >= 0.6 is 0 Å². The molecule has 0 fully saturated rings. The van der Waals surface area contributed by atoms with Crippen LogP contribution in [-0.4, -0.2) is 27.0 Å². The molecule has 3 aromatic rings. The van der Waals surface area contributed by atoms with Crippen LogP contribution < -0.4 is 5.32 Å². The predicted molar refractivity (Wildman–Crippen MR) is 138 cm³/mol. The fourth-order valence-corrected chi connectivity index (χ4v) is 4.50. The highest BCUT2D eigenvalue weighted by molar-refractivity contribution is 7.85. The van der Waals surface area contributed by atoms with E-state index in [1.807, 2.05) is 81.4 Å². The lowest BCUT2D eigenvalue weighted by atomic mass is 9.99. The third-order valence-electron chi connectivity index (χ3n) is 5.10. The summed E-state index contributed by atoms with van der Waals surface area (Å²) in [6.07, 6.45) is 0.450. The smallest absolute Gasteiger partial charge is 0.329 e. The molecular weight excluding hydrogens is 462 g/mol. The Morgan fingerprint density at radius 3 is 1.97 bits per heavy atom. The van der Waals surface area contributed by atoms with Gasteiger partial charge in [0.2, 0.25) is 0 Å². The van der Waals surface area contributed by atoms with Crippen LogP contribution in [0.4, 0.5) is 5.69 Å². The van der Waals surface area contributed by atoms with E-state index < -0.39 is 16.2 Å². The van der Waals surface area contributed by atoms with Crippen LogP contribution in [0.15, 0.2) is 84.9 Å². The number of hydrogen-bond acceptors (Lipinski definition) is 6. The van der Waals surface area contributed by atoms with Gasteiger partial charge in [-0.3, -0.25) is 4.18 Å². The van der Waals surface area contributed by atoms with Crippen molar-refractivity contribution in [1.82, 2.24) is 0 Å². The van der Waals surface area contributed by atoms with Gasteiger partial charge < -0.3 is 10.1 Å². The molecule has 1 N–H and O–H groups in total. The van der Waals surface area contributed by atoms with Gasteiger partial charge in [-0.1, -0.05) is 93.6 Å². The summed E-state index contributed by atoms with van der Waals surface area (Å²) in [5.41, 5.74) is 2.97. The van der Waals surface area contributed by atoms with Crippen LogP contribution in [0.3, 0.4) is 0 Å². The molecule has 6 nitrogen and oxygen atoms in total. The van der Waals surface area contributed by atoms with E-state index in [4.69, 9.17) is 8.92 Å². The molecule has 0 aliphatic heterocycles. The Bertz CT molecular complexity index is 1170. The van der Waals surface area contributed by atoms with E-state index in [0.29, 0.717) is 17.7 Å². The number of ether oxygens (including phenoxy) is 1. The summed E-state index contributed by atoms with van der Waals surface area (Å²) in [4.78, 5) is 13.0. The second kappa shape index (κ2) is 12.0. The molecule has 0 heterocycles. The number of esters is 1. The highest BCUT2D eigenvalue weighted by atomic mass is 32.2. The average molecular weight is 496 g/mol. The topological polar surface area (TPSA) is 81.7 Å². The molecule has 35 heavy (non-hydrogen) atoms. The summed E-state index contributed by atoms with van der Waals surface area (Å²) in [5, 5.41) is 3.24. The Morgan fingerprint density at radius 1 is 0.829 bits per heavy atom. The lowest BCUT2D eigenvalue weighted by molar-refractivity contribution is -0.145. The summed E-state index contributed by atoms with van der Waals surface area (Å²) >= 11 is 0. The Morgan fingerprint density at radius 2 is 1.40 bits per heavy atom. The second-order valence-corrected chi connectivity index (χ2v) is 11.3. The third-order valence-corrected chi connectivity index (χ3v) is 6.26. The zero-order valence-corrected chi connectivity index (χ0v) is 21.3.